The molecule has 0 saturated heterocycles. The van der Waals surface area contributed by atoms with Gasteiger partial charge in [-0.3, -0.25) is 4.79 Å². The van der Waals surface area contributed by atoms with Crippen molar-refractivity contribution in [2.24, 2.45) is 0 Å². The van der Waals surface area contributed by atoms with Gasteiger partial charge in [-0.25, -0.2) is 4.98 Å². The van der Waals surface area contributed by atoms with Gasteiger partial charge in [-0.2, -0.15) is 9.97 Å². The van der Waals surface area contributed by atoms with E-state index in [0.29, 0.717) is 30.1 Å². The molecule has 0 aliphatic rings. The molecule has 108 valence electrons. The monoisotopic (exact) mass is 296 g/mol. The molecular weight excluding hydrogens is 280 g/mol. The normalized spacial score (nSPS) is 12.4. The van der Waals surface area contributed by atoms with Crippen LogP contribution >= 0.6 is 11.6 Å². The number of fused-ring (bicyclic) bond motifs is 1. The summed E-state index contributed by atoms with van der Waals surface area (Å²) in [6.45, 7) is 7.03. The van der Waals surface area contributed by atoms with Crippen LogP contribution in [0.1, 0.15) is 20.8 Å². The fraction of sp³-hybridized carbons (Fsp3) is 0.500. The Hall–Kier alpha value is -1.89. The van der Waals surface area contributed by atoms with Crippen molar-refractivity contribution < 1.29 is 4.79 Å². The number of hydrogen-bond donors (Lipinski definition) is 2. The lowest BCUT2D eigenvalue weighted by Crippen LogP contribution is -2.41. The molecule has 2 aromatic rings. The second kappa shape index (κ2) is 6.04. The van der Waals surface area contributed by atoms with Gasteiger partial charge in [0.15, 0.2) is 11.5 Å². The molecule has 0 fully saturated rings. The molecule has 0 spiro atoms. The summed E-state index contributed by atoms with van der Waals surface area (Å²) < 4.78 is 0. The standard InChI is InChI=1S/C12H17ClN6O/c1-4-19(5-2)11(20)7(3)16-10-8-9(15-6-14-8)17-12(13)18-10/h6-7H,4-5H2,1-3H3,(H2,14,15,16,17,18). The number of carbonyl (C=O) groups excluding carboxylic acids is 1. The lowest BCUT2D eigenvalue weighted by Gasteiger charge is -2.23. The number of imidazole rings is 1. The van der Waals surface area contributed by atoms with Gasteiger partial charge >= 0.3 is 0 Å². The summed E-state index contributed by atoms with van der Waals surface area (Å²) in [4.78, 5) is 29.1. The zero-order valence-corrected chi connectivity index (χ0v) is 12.4. The van der Waals surface area contributed by atoms with E-state index < -0.39 is 6.04 Å². The molecule has 2 rings (SSSR count). The maximum absolute atomic E-state index is 12.2. The predicted octanol–water partition coefficient (Wildman–Crippen LogP) is 1.68. The van der Waals surface area contributed by atoms with E-state index >= 15 is 0 Å². The van der Waals surface area contributed by atoms with Crippen LogP contribution in [0, 0.1) is 0 Å². The average Bonchev–Trinajstić information content (AvgIpc) is 2.88. The molecule has 0 aliphatic carbocycles. The van der Waals surface area contributed by atoms with Gasteiger partial charge in [-0.1, -0.05) is 0 Å². The summed E-state index contributed by atoms with van der Waals surface area (Å²) >= 11 is 5.85. The van der Waals surface area contributed by atoms with Crippen LogP contribution in [-0.2, 0) is 4.79 Å². The Morgan fingerprint density at radius 2 is 2.15 bits per heavy atom. The van der Waals surface area contributed by atoms with Crippen molar-refractivity contribution in [1.29, 1.82) is 0 Å². The fourth-order valence-corrected chi connectivity index (χ4v) is 2.15. The first-order chi connectivity index (χ1) is 9.56. The van der Waals surface area contributed by atoms with Crippen LogP contribution in [0.15, 0.2) is 6.33 Å². The Labute approximate surface area is 121 Å². The molecular formula is C12H17ClN6O. The number of carbonyl (C=O) groups is 1. The minimum atomic E-state index is -0.410. The molecule has 2 aromatic heterocycles. The molecule has 0 aromatic carbocycles. The van der Waals surface area contributed by atoms with Crippen molar-refractivity contribution in [2.45, 2.75) is 26.8 Å². The molecule has 1 atom stereocenters. The lowest BCUT2D eigenvalue weighted by atomic mass is 10.2. The van der Waals surface area contributed by atoms with Crippen LogP contribution in [0.25, 0.3) is 11.2 Å². The summed E-state index contributed by atoms with van der Waals surface area (Å²) in [5, 5.41) is 3.15. The van der Waals surface area contributed by atoms with Crippen molar-refractivity contribution in [2.75, 3.05) is 18.4 Å². The second-order valence-electron chi connectivity index (χ2n) is 4.32. The summed E-state index contributed by atoms with van der Waals surface area (Å²) in [6, 6.07) is -0.410. The minimum Gasteiger partial charge on any atom is -0.357 e. The number of H-pyrrole nitrogens is 1. The molecule has 0 aliphatic heterocycles. The van der Waals surface area contributed by atoms with Crippen LogP contribution in [0.4, 0.5) is 5.82 Å². The maximum Gasteiger partial charge on any atom is 0.244 e. The Bertz CT molecular complexity index is 609. The number of hydrogen-bond acceptors (Lipinski definition) is 5. The molecule has 20 heavy (non-hydrogen) atoms. The molecule has 0 bridgehead atoms. The highest BCUT2D eigenvalue weighted by molar-refractivity contribution is 6.28. The van der Waals surface area contributed by atoms with E-state index in [1.165, 1.54) is 6.33 Å². The van der Waals surface area contributed by atoms with Crippen LogP contribution < -0.4 is 5.32 Å². The summed E-state index contributed by atoms with van der Waals surface area (Å²) in [7, 11) is 0. The smallest absolute Gasteiger partial charge is 0.244 e. The predicted molar refractivity (Wildman–Crippen MR) is 77.7 cm³/mol. The zero-order valence-electron chi connectivity index (χ0n) is 11.6. The number of rotatable bonds is 5. The highest BCUT2D eigenvalue weighted by Crippen LogP contribution is 2.19. The Kier molecular flexibility index (Phi) is 4.39. The first-order valence-corrected chi connectivity index (χ1v) is 6.86. The second-order valence-corrected chi connectivity index (χ2v) is 4.66. The Morgan fingerprint density at radius 1 is 1.45 bits per heavy atom. The van der Waals surface area contributed by atoms with E-state index in [4.69, 9.17) is 11.6 Å². The van der Waals surface area contributed by atoms with Gasteiger partial charge in [0.05, 0.1) is 6.33 Å². The van der Waals surface area contributed by atoms with E-state index in [9.17, 15) is 4.79 Å². The van der Waals surface area contributed by atoms with Gasteiger partial charge in [-0.05, 0) is 32.4 Å². The van der Waals surface area contributed by atoms with Gasteiger partial charge in [0.25, 0.3) is 0 Å². The maximum atomic E-state index is 12.2. The highest BCUT2D eigenvalue weighted by Gasteiger charge is 2.20. The third kappa shape index (κ3) is 2.82. The number of halogens is 1. The summed E-state index contributed by atoms with van der Waals surface area (Å²) in [6.07, 6.45) is 1.51. The molecule has 0 saturated carbocycles. The highest BCUT2D eigenvalue weighted by atomic mass is 35.5. The topological polar surface area (TPSA) is 86.8 Å². The third-order valence-corrected chi connectivity index (χ3v) is 3.23. The van der Waals surface area contributed by atoms with E-state index in [1.54, 1.807) is 11.8 Å². The van der Waals surface area contributed by atoms with Crippen molar-refractivity contribution in [3.05, 3.63) is 11.6 Å². The fourth-order valence-electron chi connectivity index (χ4n) is 1.99. The van der Waals surface area contributed by atoms with Crippen molar-refractivity contribution in [3.63, 3.8) is 0 Å². The summed E-state index contributed by atoms with van der Waals surface area (Å²) in [5.74, 6) is 0.489. The van der Waals surface area contributed by atoms with E-state index in [-0.39, 0.29) is 11.2 Å². The molecule has 0 radical (unpaired) electrons. The molecule has 8 heteroatoms. The zero-order chi connectivity index (χ0) is 14.7. The van der Waals surface area contributed by atoms with Crippen molar-refractivity contribution in [3.8, 4) is 0 Å². The number of nitrogens with zero attached hydrogens (tertiary/aromatic N) is 4. The van der Waals surface area contributed by atoms with Crippen LogP contribution in [0.3, 0.4) is 0 Å². The number of amides is 1. The third-order valence-electron chi connectivity index (χ3n) is 3.06. The van der Waals surface area contributed by atoms with Crippen LogP contribution in [0.5, 0.6) is 0 Å². The van der Waals surface area contributed by atoms with Crippen LogP contribution in [-0.4, -0.2) is 49.9 Å². The van der Waals surface area contributed by atoms with Crippen molar-refractivity contribution >= 4 is 34.5 Å². The molecule has 7 nitrogen and oxygen atoms in total. The van der Waals surface area contributed by atoms with E-state index in [1.807, 2.05) is 13.8 Å². The van der Waals surface area contributed by atoms with Gasteiger partial charge in [0.2, 0.25) is 11.2 Å². The molecule has 1 amide bonds. The number of aromatic nitrogens is 4. The lowest BCUT2D eigenvalue weighted by molar-refractivity contribution is -0.131. The number of likely N-dealkylation sites (N-methyl/N-ethyl adjacent to an activating group) is 1. The first-order valence-electron chi connectivity index (χ1n) is 6.48. The molecule has 2 N–H and O–H groups in total. The SMILES string of the molecule is CCN(CC)C(=O)C(C)Nc1nc(Cl)nc2nc[nH]c12. The Balaban J connectivity index is 2.23. The number of nitrogens with one attached hydrogen (secondary N) is 2. The van der Waals surface area contributed by atoms with Crippen molar-refractivity contribution in [1.82, 2.24) is 24.8 Å². The van der Waals surface area contributed by atoms with Gasteiger partial charge in [0, 0.05) is 13.1 Å². The number of aromatic amines is 1. The number of anilines is 1. The Morgan fingerprint density at radius 3 is 2.80 bits per heavy atom. The van der Waals surface area contributed by atoms with Crippen LogP contribution in [0.2, 0.25) is 5.28 Å². The summed E-state index contributed by atoms with van der Waals surface area (Å²) in [5.41, 5.74) is 1.10. The quantitative estimate of drug-likeness (QED) is 0.820. The van der Waals surface area contributed by atoms with E-state index in [2.05, 4.69) is 25.3 Å². The van der Waals surface area contributed by atoms with Gasteiger partial charge in [0.1, 0.15) is 11.6 Å². The minimum absolute atomic E-state index is 0.0115. The first kappa shape index (κ1) is 14.5. The molecule has 2 heterocycles. The van der Waals surface area contributed by atoms with Gasteiger partial charge in [-0.15, -0.1) is 0 Å². The molecule has 1 unspecified atom stereocenters. The largest absolute Gasteiger partial charge is 0.357 e. The average molecular weight is 297 g/mol. The van der Waals surface area contributed by atoms with Gasteiger partial charge < -0.3 is 15.2 Å². The van der Waals surface area contributed by atoms with E-state index in [0.717, 1.165) is 0 Å².